The number of unbranched alkanes of at least 4 members (excludes halogenated alkanes) is 16. The van der Waals surface area contributed by atoms with Crippen LogP contribution in [0.2, 0.25) is 18.1 Å². The van der Waals surface area contributed by atoms with Gasteiger partial charge in [0.25, 0.3) is 7.82 Å². The van der Waals surface area contributed by atoms with E-state index in [2.05, 4.69) is 52.9 Å². The van der Waals surface area contributed by atoms with Crippen LogP contribution in [0.1, 0.15) is 183 Å². The molecule has 0 aromatic heterocycles. The van der Waals surface area contributed by atoms with E-state index in [1.807, 2.05) is 35.0 Å². The number of ether oxygens (including phenoxy) is 4. The van der Waals surface area contributed by atoms with Gasteiger partial charge in [-0.3, -0.25) is 14.2 Å². The zero-order chi connectivity index (χ0) is 45.8. The van der Waals surface area contributed by atoms with Crippen molar-refractivity contribution >= 4 is 28.1 Å². The highest BCUT2D eigenvalue weighted by Crippen LogP contribution is 2.39. The third-order valence-corrected chi connectivity index (χ3v) is 17.1. The van der Waals surface area contributed by atoms with Gasteiger partial charge < -0.3 is 41.8 Å². The molecule has 360 valence electrons. The largest absolute Gasteiger partial charge is 0.756 e. The molecular weight excluding hydrogens is 814 g/mol. The van der Waals surface area contributed by atoms with Crippen molar-refractivity contribution in [3.05, 3.63) is 12.2 Å². The predicted octanol–water partition coefficient (Wildman–Crippen LogP) is 11.3. The van der Waals surface area contributed by atoms with Crippen LogP contribution in [0.3, 0.4) is 0 Å². The number of carbonyl (C=O) groups is 2. The maximum absolute atomic E-state index is 12.9. The molecule has 1 aliphatic rings. The second-order valence-corrected chi connectivity index (χ2v) is 26.4. The molecule has 12 nitrogen and oxygen atoms in total. The van der Waals surface area contributed by atoms with E-state index in [0.29, 0.717) is 24.1 Å². The maximum Gasteiger partial charge on any atom is 0.306 e. The number of nitrogens with zero attached hydrogens (tertiary/aromatic N) is 1. The van der Waals surface area contributed by atoms with Crippen molar-refractivity contribution in [2.24, 2.45) is 0 Å². The van der Waals surface area contributed by atoms with Crippen molar-refractivity contribution in [3.8, 4) is 0 Å². The minimum atomic E-state index is -4.66. The highest BCUT2D eigenvalue weighted by atomic mass is 31.2. The summed E-state index contributed by atoms with van der Waals surface area (Å²) in [5.41, 5.74) is 0. The normalized spacial score (nSPS) is 18.0. The molecule has 4 atom stereocenters. The lowest BCUT2D eigenvalue weighted by atomic mass is 10.0. The van der Waals surface area contributed by atoms with E-state index < -0.39 is 46.6 Å². The lowest BCUT2D eigenvalue weighted by molar-refractivity contribution is -0.870. The summed E-state index contributed by atoms with van der Waals surface area (Å²) in [7, 11) is -0.848. The molecule has 0 aromatic rings. The molecule has 1 aliphatic heterocycles. The van der Waals surface area contributed by atoms with Gasteiger partial charge in [-0.05, 0) is 57.7 Å². The van der Waals surface area contributed by atoms with Crippen molar-refractivity contribution in [1.29, 1.82) is 0 Å². The summed E-state index contributed by atoms with van der Waals surface area (Å²) in [4.78, 5) is 38.0. The molecule has 0 aromatic carbocycles. The first-order valence-electron chi connectivity index (χ1n) is 24.0. The molecular formula is C47H92NO11PSi. The summed E-state index contributed by atoms with van der Waals surface area (Å²) in [6.45, 7) is 17.7. The highest BCUT2D eigenvalue weighted by Gasteiger charge is 2.39. The Kier molecular flexibility index (Phi) is 29.3. The second-order valence-electron chi connectivity index (χ2n) is 20.2. The third-order valence-electron chi connectivity index (χ3n) is 11.6. The number of likely N-dealkylation sites (N-methyl/N-ethyl adjacent to an activating group) is 1. The Morgan fingerprint density at radius 1 is 0.803 bits per heavy atom. The van der Waals surface area contributed by atoms with E-state index in [1.54, 1.807) is 0 Å². The van der Waals surface area contributed by atoms with Gasteiger partial charge in [-0.15, -0.1) is 0 Å². The fourth-order valence-corrected chi connectivity index (χ4v) is 8.86. The molecule has 4 unspecified atom stereocenters. The average molecular weight is 906 g/mol. The Morgan fingerprint density at radius 2 is 1.33 bits per heavy atom. The number of rotatable bonds is 37. The van der Waals surface area contributed by atoms with Gasteiger partial charge in [0.15, 0.2) is 20.2 Å². The molecule has 1 rings (SSSR count). The minimum Gasteiger partial charge on any atom is -0.756 e. The Bertz CT molecular complexity index is 1250. The fraction of sp³-hybridized carbons (Fsp3) is 0.915. The fourth-order valence-electron chi connectivity index (χ4n) is 6.73. The predicted molar refractivity (Wildman–Crippen MR) is 247 cm³/mol. The van der Waals surface area contributed by atoms with Gasteiger partial charge >= 0.3 is 11.9 Å². The summed E-state index contributed by atoms with van der Waals surface area (Å²) in [5.74, 6) is -1.44. The first-order valence-corrected chi connectivity index (χ1v) is 28.3. The molecule has 0 saturated carbocycles. The van der Waals surface area contributed by atoms with E-state index in [-0.39, 0.29) is 43.3 Å². The summed E-state index contributed by atoms with van der Waals surface area (Å²) in [6, 6.07) is 0. The monoisotopic (exact) mass is 906 g/mol. The van der Waals surface area contributed by atoms with Gasteiger partial charge in [-0.1, -0.05) is 143 Å². The summed E-state index contributed by atoms with van der Waals surface area (Å²) < 4.78 is 52.6. The van der Waals surface area contributed by atoms with Crippen molar-refractivity contribution in [3.63, 3.8) is 0 Å². The van der Waals surface area contributed by atoms with Crippen molar-refractivity contribution in [2.45, 2.75) is 225 Å². The van der Waals surface area contributed by atoms with Gasteiger partial charge in [-0.2, -0.15) is 0 Å². The van der Waals surface area contributed by atoms with Crippen LogP contribution in [0.5, 0.6) is 0 Å². The van der Waals surface area contributed by atoms with Crippen LogP contribution in [0.15, 0.2) is 12.2 Å². The zero-order valence-corrected chi connectivity index (χ0v) is 42.8. The Hall–Kier alpha value is -1.15. The van der Waals surface area contributed by atoms with E-state index in [0.717, 1.165) is 57.8 Å². The molecule has 1 fully saturated rings. The number of hydrogen-bond acceptors (Lipinski definition) is 11. The number of quaternary nitrogens is 1. The molecule has 1 heterocycles. The van der Waals surface area contributed by atoms with Crippen LogP contribution in [0.25, 0.3) is 0 Å². The Balaban J connectivity index is 2.53. The quantitative estimate of drug-likeness (QED) is 0.0147. The van der Waals surface area contributed by atoms with E-state index >= 15 is 0 Å². The molecule has 0 amide bonds. The third kappa shape index (κ3) is 31.4. The minimum absolute atomic E-state index is 0.0444. The number of phosphoric ester groups is 1. The summed E-state index contributed by atoms with van der Waals surface area (Å²) >= 11 is 0. The lowest BCUT2D eigenvalue weighted by Crippen LogP contribution is -2.43. The smallest absolute Gasteiger partial charge is 0.306 e. The maximum atomic E-state index is 12.9. The first-order chi connectivity index (χ1) is 28.5. The van der Waals surface area contributed by atoms with Crippen LogP contribution in [-0.4, -0.2) is 103 Å². The molecule has 0 aliphatic carbocycles. The van der Waals surface area contributed by atoms with Gasteiger partial charge in [0.05, 0.1) is 34.4 Å². The summed E-state index contributed by atoms with van der Waals surface area (Å²) in [5, 5.41) is 0.114. The van der Waals surface area contributed by atoms with Crippen molar-refractivity contribution in [2.75, 3.05) is 54.1 Å². The Labute approximate surface area is 374 Å². The number of esters is 2. The van der Waals surface area contributed by atoms with Gasteiger partial charge in [-0.25, -0.2) is 0 Å². The van der Waals surface area contributed by atoms with Gasteiger partial charge in [0.1, 0.15) is 25.9 Å². The highest BCUT2D eigenvalue weighted by molar-refractivity contribution is 7.45. The van der Waals surface area contributed by atoms with Gasteiger partial charge in [0.2, 0.25) is 0 Å². The lowest BCUT2D eigenvalue weighted by Gasteiger charge is -2.39. The average Bonchev–Trinajstić information content (AvgIpc) is 3.50. The number of phosphoric acid groups is 1. The SMILES string of the molecule is CCCCCCCCCCCCCCCC(=O)OCC(COP(=O)([O-])OCC[N+](C)(C)C)OC(=O)CCCCCCCC(C/C=C\C1COC(C)(C)O1)O[Si](C)(C)C(C)(C)C. The van der Waals surface area contributed by atoms with E-state index in [4.69, 9.17) is 32.4 Å². The first kappa shape index (κ1) is 57.9. The van der Waals surface area contributed by atoms with Gasteiger partial charge in [0, 0.05) is 18.9 Å². The van der Waals surface area contributed by atoms with E-state index in [1.165, 1.54) is 64.2 Å². The molecule has 0 N–H and O–H groups in total. The van der Waals surface area contributed by atoms with Crippen molar-refractivity contribution < 1.29 is 56.0 Å². The number of hydrogen-bond donors (Lipinski definition) is 0. The molecule has 0 bridgehead atoms. The topological polar surface area (TPSA) is 139 Å². The van der Waals surface area contributed by atoms with Crippen LogP contribution < -0.4 is 4.89 Å². The van der Waals surface area contributed by atoms with Crippen LogP contribution in [-0.2, 0) is 46.6 Å². The zero-order valence-electron chi connectivity index (χ0n) is 40.9. The number of carbonyl (C=O) groups excluding carboxylic acids is 2. The summed E-state index contributed by atoms with van der Waals surface area (Å²) in [6.07, 6.45) is 25.7. The van der Waals surface area contributed by atoms with Crippen LogP contribution in [0.4, 0.5) is 0 Å². The molecule has 0 spiro atoms. The molecule has 14 heteroatoms. The van der Waals surface area contributed by atoms with Crippen LogP contribution >= 0.6 is 7.82 Å². The Morgan fingerprint density at radius 3 is 1.84 bits per heavy atom. The van der Waals surface area contributed by atoms with E-state index in [9.17, 15) is 19.0 Å². The molecule has 1 saturated heterocycles. The van der Waals surface area contributed by atoms with Crippen LogP contribution in [0, 0.1) is 0 Å². The standard InChI is InChI=1S/C47H92NO11PSi/c1-12-13-14-15-16-17-18-19-20-21-22-25-28-34-44(49)53-38-43(40-56-60(51,52)55-37-36-48(7,8)9)57-45(50)35-29-26-23-24-27-31-41(59-61(10,11)46(2,3)4)32-30-33-42-39-54-47(5,6)58-42/h30,33,41-43H,12-29,31-32,34-40H2,1-11H3/b33-30-. The van der Waals surface area contributed by atoms with Crippen molar-refractivity contribution in [1.82, 2.24) is 0 Å². The molecule has 0 radical (unpaired) electrons. The second kappa shape index (κ2) is 30.9. The molecule has 61 heavy (non-hydrogen) atoms.